The first kappa shape index (κ1) is 6.01. The third-order valence-electron chi connectivity index (χ3n) is 0.413. The molecule has 0 aliphatic carbocycles. The molecule has 0 bridgehead atoms. The average molecular weight is 101 g/mol. The van der Waals surface area contributed by atoms with Crippen LogP contribution in [0.1, 0.15) is 0 Å². The van der Waals surface area contributed by atoms with Crippen molar-refractivity contribution in [2.75, 3.05) is 7.05 Å². The van der Waals surface area contributed by atoms with E-state index in [2.05, 4.69) is 5.32 Å². The molecule has 0 heterocycles. The van der Waals surface area contributed by atoms with Crippen LogP contribution in [0.15, 0.2) is 12.0 Å². The van der Waals surface area contributed by atoms with Gasteiger partial charge in [-0.2, -0.15) is 0 Å². The standard InChI is InChI=1S/C4H7NO2/c1-5-2-4(7)3-6/h2-3,5,7H,1H3. The van der Waals surface area contributed by atoms with E-state index in [1.807, 2.05) is 0 Å². The molecule has 40 valence electrons. The molecule has 0 aliphatic heterocycles. The minimum atomic E-state index is -0.289. The molecule has 0 saturated heterocycles. The Hall–Kier alpha value is -0.990. The second-order valence-electron chi connectivity index (χ2n) is 0.976. The van der Waals surface area contributed by atoms with Crippen LogP contribution in [0.4, 0.5) is 0 Å². The summed E-state index contributed by atoms with van der Waals surface area (Å²) < 4.78 is 0. The molecule has 0 spiro atoms. The summed E-state index contributed by atoms with van der Waals surface area (Å²) in [4.78, 5) is 9.54. The third-order valence-corrected chi connectivity index (χ3v) is 0.413. The zero-order chi connectivity index (χ0) is 5.70. The molecule has 0 radical (unpaired) electrons. The van der Waals surface area contributed by atoms with Gasteiger partial charge in [-0.3, -0.25) is 4.79 Å². The van der Waals surface area contributed by atoms with Crippen molar-refractivity contribution in [1.82, 2.24) is 5.32 Å². The van der Waals surface area contributed by atoms with E-state index < -0.39 is 0 Å². The fourth-order valence-electron chi connectivity index (χ4n) is 0.182. The molecule has 3 heteroatoms. The number of carbonyl (C=O) groups is 1. The molecule has 3 nitrogen and oxygen atoms in total. The van der Waals surface area contributed by atoms with E-state index in [9.17, 15) is 4.79 Å². The smallest absolute Gasteiger partial charge is 0.185 e. The number of nitrogens with one attached hydrogen (secondary N) is 1. The van der Waals surface area contributed by atoms with Crippen LogP contribution in [-0.4, -0.2) is 18.4 Å². The molecule has 0 aliphatic rings. The zero-order valence-corrected chi connectivity index (χ0v) is 4.01. The number of aldehydes is 1. The van der Waals surface area contributed by atoms with Crippen molar-refractivity contribution in [3.8, 4) is 0 Å². The maximum atomic E-state index is 9.54. The van der Waals surface area contributed by atoms with Gasteiger partial charge in [0.25, 0.3) is 0 Å². The summed E-state index contributed by atoms with van der Waals surface area (Å²) in [6, 6.07) is 0. The average Bonchev–Trinajstić information content (AvgIpc) is 1.68. The highest BCUT2D eigenvalue weighted by atomic mass is 16.3. The van der Waals surface area contributed by atoms with Gasteiger partial charge in [0, 0.05) is 13.2 Å². The van der Waals surface area contributed by atoms with Gasteiger partial charge in [0.1, 0.15) is 0 Å². The van der Waals surface area contributed by atoms with Crippen molar-refractivity contribution in [3.05, 3.63) is 12.0 Å². The minimum Gasteiger partial charge on any atom is -0.504 e. The van der Waals surface area contributed by atoms with Gasteiger partial charge < -0.3 is 10.4 Å². The van der Waals surface area contributed by atoms with Crippen LogP contribution in [0.3, 0.4) is 0 Å². The Morgan fingerprint density at radius 3 is 2.57 bits per heavy atom. The summed E-state index contributed by atoms with van der Waals surface area (Å²) in [5.41, 5.74) is 0. The molecule has 0 saturated carbocycles. The van der Waals surface area contributed by atoms with E-state index in [1.54, 1.807) is 7.05 Å². The van der Waals surface area contributed by atoms with Crippen LogP contribution in [-0.2, 0) is 4.79 Å². The molecule has 0 fully saturated rings. The number of carbonyl (C=O) groups excluding carboxylic acids is 1. The monoisotopic (exact) mass is 101 g/mol. The van der Waals surface area contributed by atoms with Crippen LogP contribution in [0, 0.1) is 0 Å². The van der Waals surface area contributed by atoms with Gasteiger partial charge in [-0.1, -0.05) is 0 Å². The molecule has 7 heavy (non-hydrogen) atoms. The second-order valence-corrected chi connectivity index (χ2v) is 0.976. The Morgan fingerprint density at radius 1 is 1.86 bits per heavy atom. The lowest BCUT2D eigenvalue weighted by Gasteiger charge is -1.83. The van der Waals surface area contributed by atoms with Gasteiger partial charge in [0.05, 0.1) is 0 Å². The highest BCUT2D eigenvalue weighted by Crippen LogP contribution is 1.72. The summed E-state index contributed by atoms with van der Waals surface area (Å²) in [5, 5.41) is 10.8. The predicted molar refractivity (Wildman–Crippen MR) is 25.8 cm³/mol. The SMILES string of the molecule is CNC=C(O)C=O. The van der Waals surface area contributed by atoms with Crippen molar-refractivity contribution in [3.63, 3.8) is 0 Å². The van der Waals surface area contributed by atoms with E-state index in [4.69, 9.17) is 5.11 Å². The molecule has 0 amide bonds. The first-order valence-electron chi connectivity index (χ1n) is 1.83. The predicted octanol–water partition coefficient (Wildman–Crippen LogP) is -0.196. The Balaban J connectivity index is 3.49. The molecule has 0 rings (SSSR count). The summed E-state index contributed by atoms with van der Waals surface area (Å²) in [7, 11) is 1.60. The highest BCUT2D eigenvalue weighted by Gasteiger charge is 1.79. The van der Waals surface area contributed by atoms with E-state index in [-0.39, 0.29) is 5.76 Å². The van der Waals surface area contributed by atoms with Gasteiger partial charge in [-0.25, -0.2) is 0 Å². The molecule has 0 aromatic rings. The maximum absolute atomic E-state index is 9.54. The van der Waals surface area contributed by atoms with E-state index in [1.165, 1.54) is 6.20 Å². The maximum Gasteiger partial charge on any atom is 0.185 e. The molecular weight excluding hydrogens is 94.0 g/mol. The molecular formula is C4H7NO2. The lowest BCUT2D eigenvalue weighted by molar-refractivity contribution is -0.107. The first-order chi connectivity index (χ1) is 3.31. The lowest BCUT2D eigenvalue weighted by Crippen LogP contribution is -1.95. The molecule has 0 aromatic heterocycles. The van der Waals surface area contributed by atoms with Crippen LogP contribution >= 0.6 is 0 Å². The van der Waals surface area contributed by atoms with Gasteiger partial charge in [-0.05, 0) is 0 Å². The summed E-state index contributed by atoms with van der Waals surface area (Å²) in [5.74, 6) is -0.289. The number of hydrogen-bond acceptors (Lipinski definition) is 3. The topological polar surface area (TPSA) is 49.3 Å². The fourth-order valence-corrected chi connectivity index (χ4v) is 0.182. The Labute approximate surface area is 41.7 Å². The number of aliphatic hydroxyl groups excluding tert-OH is 1. The Bertz CT molecular complexity index is 87.7. The quantitative estimate of drug-likeness (QED) is 0.288. The van der Waals surface area contributed by atoms with E-state index in [0.29, 0.717) is 6.29 Å². The Kier molecular flexibility index (Phi) is 2.76. The Morgan fingerprint density at radius 2 is 2.43 bits per heavy atom. The number of allylic oxidation sites excluding steroid dienone is 1. The van der Waals surface area contributed by atoms with Gasteiger partial charge in [0.15, 0.2) is 12.0 Å². The molecule has 0 unspecified atom stereocenters. The van der Waals surface area contributed by atoms with Crippen molar-refractivity contribution in [2.45, 2.75) is 0 Å². The van der Waals surface area contributed by atoms with E-state index in [0.717, 1.165) is 0 Å². The van der Waals surface area contributed by atoms with Crippen LogP contribution in [0.25, 0.3) is 0 Å². The second kappa shape index (κ2) is 3.21. The van der Waals surface area contributed by atoms with Crippen molar-refractivity contribution >= 4 is 6.29 Å². The number of hydrogen-bond donors (Lipinski definition) is 2. The van der Waals surface area contributed by atoms with Crippen molar-refractivity contribution in [1.29, 1.82) is 0 Å². The van der Waals surface area contributed by atoms with Crippen LogP contribution in [0.5, 0.6) is 0 Å². The fraction of sp³-hybridized carbons (Fsp3) is 0.250. The van der Waals surface area contributed by atoms with Crippen molar-refractivity contribution < 1.29 is 9.90 Å². The highest BCUT2D eigenvalue weighted by molar-refractivity contribution is 5.69. The van der Waals surface area contributed by atoms with Gasteiger partial charge in [0.2, 0.25) is 0 Å². The molecule has 0 atom stereocenters. The summed E-state index contributed by atoms with van der Waals surface area (Å²) in [6.45, 7) is 0. The lowest BCUT2D eigenvalue weighted by atomic mass is 10.6. The summed E-state index contributed by atoms with van der Waals surface area (Å²) in [6.07, 6.45) is 1.56. The number of rotatable bonds is 2. The third kappa shape index (κ3) is 2.82. The van der Waals surface area contributed by atoms with Crippen LogP contribution in [0.2, 0.25) is 0 Å². The largest absolute Gasteiger partial charge is 0.504 e. The van der Waals surface area contributed by atoms with Crippen molar-refractivity contribution in [2.24, 2.45) is 0 Å². The van der Waals surface area contributed by atoms with Crippen LogP contribution < -0.4 is 5.32 Å². The molecule has 2 N–H and O–H groups in total. The molecule has 0 aromatic carbocycles. The minimum absolute atomic E-state index is 0.289. The number of aliphatic hydroxyl groups is 1. The van der Waals surface area contributed by atoms with Gasteiger partial charge >= 0.3 is 0 Å². The zero-order valence-electron chi connectivity index (χ0n) is 4.01. The van der Waals surface area contributed by atoms with E-state index >= 15 is 0 Å². The summed E-state index contributed by atoms with van der Waals surface area (Å²) >= 11 is 0. The van der Waals surface area contributed by atoms with Gasteiger partial charge in [-0.15, -0.1) is 0 Å². The first-order valence-corrected chi connectivity index (χ1v) is 1.83. The normalized spacial score (nSPS) is 10.7.